The number of methoxy groups -OCH3 is 1. The van der Waals surface area contributed by atoms with E-state index in [0.717, 1.165) is 5.56 Å². The molecule has 21 heavy (non-hydrogen) atoms. The highest BCUT2D eigenvalue weighted by molar-refractivity contribution is 5.68. The van der Waals surface area contributed by atoms with Crippen LogP contribution in [0, 0.1) is 0 Å². The van der Waals surface area contributed by atoms with Crippen molar-refractivity contribution in [1.82, 2.24) is 10.1 Å². The van der Waals surface area contributed by atoms with Crippen molar-refractivity contribution in [2.45, 2.75) is 0 Å². The van der Waals surface area contributed by atoms with E-state index in [4.69, 9.17) is 9.26 Å². The van der Waals surface area contributed by atoms with Crippen LogP contribution < -0.4 is 4.74 Å². The number of hydrogen-bond donors (Lipinski definition) is 2. The van der Waals surface area contributed by atoms with Gasteiger partial charge in [-0.25, -0.2) is 0 Å². The molecule has 1 heterocycles. The molecule has 0 spiro atoms. The van der Waals surface area contributed by atoms with Crippen molar-refractivity contribution in [2.24, 2.45) is 0 Å². The molecule has 6 nitrogen and oxygen atoms in total. The number of nitrogens with zero attached hydrogens (tertiary/aromatic N) is 2. The molecule has 0 radical (unpaired) electrons. The molecule has 0 fully saturated rings. The Morgan fingerprint density at radius 1 is 1.10 bits per heavy atom. The fourth-order valence-electron chi connectivity index (χ4n) is 1.92. The number of aromatic nitrogens is 2. The molecule has 0 aliphatic heterocycles. The minimum absolute atomic E-state index is 0.126. The first-order valence-corrected chi connectivity index (χ1v) is 6.18. The Morgan fingerprint density at radius 3 is 2.71 bits per heavy atom. The van der Waals surface area contributed by atoms with Gasteiger partial charge in [0.2, 0.25) is 5.82 Å². The molecule has 0 saturated carbocycles. The Kier molecular flexibility index (Phi) is 3.19. The minimum atomic E-state index is -0.293. The van der Waals surface area contributed by atoms with E-state index in [-0.39, 0.29) is 23.0 Å². The van der Waals surface area contributed by atoms with Gasteiger partial charge in [-0.1, -0.05) is 23.4 Å². The molecule has 0 unspecified atom stereocenters. The van der Waals surface area contributed by atoms with Crippen LogP contribution in [0.5, 0.6) is 17.2 Å². The molecule has 0 saturated heterocycles. The summed E-state index contributed by atoms with van der Waals surface area (Å²) in [5, 5.41) is 23.2. The van der Waals surface area contributed by atoms with Crippen molar-refractivity contribution in [3.63, 3.8) is 0 Å². The van der Waals surface area contributed by atoms with Crippen molar-refractivity contribution >= 4 is 0 Å². The van der Waals surface area contributed by atoms with Gasteiger partial charge in [-0.3, -0.25) is 0 Å². The number of aromatic hydroxyl groups is 2. The number of hydrogen-bond acceptors (Lipinski definition) is 6. The van der Waals surface area contributed by atoms with Gasteiger partial charge in [0.25, 0.3) is 5.89 Å². The van der Waals surface area contributed by atoms with Crippen LogP contribution in [0.15, 0.2) is 47.0 Å². The van der Waals surface area contributed by atoms with Crippen LogP contribution in [-0.2, 0) is 0 Å². The van der Waals surface area contributed by atoms with E-state index in [1.165, 1.54) is 6.07 Å². The van der Waals surface area contributed by atoms with Crippen LogP contribution in [0.1, 0.15) is 0 Å². The Labute approximate surface area is 120 Å². The van der Waals surface area contributed by atoms with E-state index in [1.807, 2.05) is 18.2 Å². The van der Waals surface area contributed by atoms with E-state index in [0.29, 0.717) is 11.6 Å². The Hall–Kier alpha value is -3.02. The molecule has 3 aromatic rings. The van der Waals surface area contributed by atoms with Gasteiger partial charge in [-0.2, -0.15) is 4.98 Å². The zero-order valence-electron chi connectivity index (χ0n) is 11.1. The molecule has 0 aliphatic rings. The van der Waals surface area contributed by atoms with Gasteiger partial charge in [-0.05, 0) is 24.3 Å². The SMILES string of the molecule is COc1cccc(-c2noc(-c3cccc(O)c3O)n2)c1. The summed E-state index contributed by atoms with van der Waals surface area (Å²) >= 11 is 0. The summed E-state index contributed by atoms with van der Waals surface area (Å²) < 4.78 is 10.3. The summed E-state index contributed by atoms with van der Waals surface area (Å²) in [4.78, 5) is 4.22. The van der Waals surface area contributed by atoms with Crippen molar-refractivity contribution in [2.75, 3.05) is 7.11 Å². The Bertz CT molecular complexity index is 783. The highest BCUT2D eigenvalue weighted by Gasteiger charge is 2.16. The third-order valence-electron chi connectivity index (χ3n) is 3.00. The second kappa shape index (κ2) is 5.16. The number of ether oxygens (including phenoxy) is 1. The summed E-state index contributed by atoms with van der Waals surface area (Å²) in [7, 11) is 1.57. The van der Waals surface area contributed by atoms with E-state index >= 15 is 0 Å². The molecule has 106 valence electrons. The number of benzene rings is 2. The lowest BCUT2D eigenvalue weighted by Gasteiger charge is -2.01. The fraction of sp³-hybridized carbons (Fsp3) is 0.0667. The molecule has 6 heteroatoms. The van der Waals surface area contributed by atoms with E-state index in [1.54, 1.807) is 25.3 Å². The summed E-state index contributed by atoms with van der Waals surface area (Å²) in [6.07, 6.45) is 0. The van der Waals surface area contributed by atoms with Gasteiger partial charge in [0, 0.05) is 5.56 Å². The lowest BCUT2D eigenvalue weighted by molar-refractivity contribution is 0.397. The first kappa shape index (κ1) is 13.0. The molecule has 0 bridgehead atoms. The summed E-state index contributed by atoms with van der Waals surface area (Å²) in [5.41, 5.74) is 1.00. The summed E-state index contributed by atoms with van der Waals surface area (Å²) in [6, 6.07) is 11.8. The predicted molar refractivity (Wildman–Crippen MR) is 75.1 cm³/mol. The smallest absolute Gasteiger partial charge is 0.262 e. The molecule has 0 atom stereocenters. The van der Waals surface area contributed by atoms with Gasteiger partial charge < -0.3 is 19.5 Å². The normalized spacial score (nSPS) is 10.5. The Morgan fingerprint density at radius 2 is 1.90 bits per heavy atom. The van der Waals surface area contributed by atoms with Crippen LogP contribution >= 0.6 is 0 Å². The van der Waals surface area contributed by atoms with Crippen LogP contribution in [0.2, 0.25) is 0 Å². The maximum Gasteiger partial charge on any atom is 0.262 e. The van der Waals surface area contributed by atoms with E-state index in [2.05, 4.69) is 10.1 Å². The lowest BCUT2D eigenvalue weighted by Crippen LogP contribution is -1.85. The van der Waals surface area contributed by atoms with Gasteiger partial charge in [0.15, 0.2) is 11.5 Å². The number of phenols is 2. The highest BCUT2D eigenvalue weighted by Crippen LogP contribution is 2.35. The second-order valence-electron chi connectivity index (χ2n) is 4.33. The number of para-hydroxylation sites is 1. The van der Waals surface area contributed by atoms with Gasteiger partial charge >= 0.3 is 0 Å². The summed E-state index contributed by atoms with van der Waals surface area (Å²) in [5.74, 6) is 0.638. The molecule has 0 aliphatic carbocycles. The van der Waals surface area contributed by atoms with Crippen molar-refractivity contribution in [1.29, 1.82) is 0 Å². The van der Waals surface area contributed by atoms with Crippen molar-refractivity contribution in [3.05, 3.63) is 42.5 Å². The van der Waals surface area contributed by atoms with Gasteiger partial charge in [0.05, 0.1) is 12.7 Å². The highest BCUT2D eigenvalue weighted by atomic mass is 16.5. The van der Waals surface area contributed by atoms with E-state index in [9.17, 15) is 10.2 Å². The van der Waals surface area contributed by atoms with Crippen LogP contribution in [0.3, 0.4) is 0 Å². The number of rotatable bonds is 3. The van der Waals surface area contributed by atoms with Gasteiger partial charge in [-0.15, -0.1) is 0 Å². The maximum atomic E-state index is 9.82. The molecule has 1 aromatic heterocycles. The molecule has 0 amide bonds. The zero-order valence-corrected chi connectivity index (χ0v) is 11.1. The first-order chi connectivity index (χ1) is 10.2. The first-order valence-electron chi connectivity index (χ1n) is 6.18. The minimum Gasteiger partial charge on any atom is -0.504 e. The van der Waals surface area contributed by atoms with Crippen LogP contribution in [-0.4, -0.2) is 27.5 Å². The molecule has 3 rings (SSSR count). The molecule has 2 N–H and O–H groups in total. The molecular formula is C15H12N2O4. The third kappa shape index (κ3) is 2.38. The maximum absolute atomic E-state index is 9.82. The van der Waals surface area contributed by atoms with Crippen molar-refractivity contribution in [3.8, 4) is 40.1 Å². The molecule has 2 aromatic carbocycles. The zero-order chi connectivity index (χ0) is 14.8. The topological polar surface area (TPSA) is 88.6 Å². The largest absolute Gasteiger partial charge is 0.504 e. The Balaban J connectivity index is 2.01. The average molecular weight is 284 g/mol. The molecular weight excluding hydrogens is 272 g/mol. The summed E-state index contributed by atoms with van der Waals surface area (Å²) in [6.45, 7) is 0. The average Bonchev–Trinajstić information content (AvgIpc) is 3.00. The third-order valence-corrected chi connectivity index (χ3v) is 3.00. The van der Waals surface area contributed by atoms with Gasteiger partial charge in [0.1, 0.15) is 5.75 Å². The fourth-order valence-corrected chi connectivity index (χ4v) is 1.92. The van der Waals surface area contributed by atoms with Crippen LogP contribution in [0.4, 0.5) is 0 Å². The van der Waals surface area contributed by atoms with E-state index < -0.39 is 0 Å². The van der Waals surface area contributed by atoms with Crippen LogP contribution in [0.25, 0.3) is 22.8 Å². The number of phenolic OH excluding ortho intramolecular Hbond substituents is 2. The lowest BCUT2D eigenvalue weighted by atomic mass is 10.2. The van der Waals surface area contributed by atoms with Crippen molar-refractivity contribution < 1.29 is 19.5 Å². The second-order valence-corrected chi connectivity index (χ2v) is 4.33. The quantitative estimate of drug-likeness (QED) is 0.719. The monoisotopic (exact) mass is 284 g/mol. The standard InChI is InChI=1S/C15H12N2O4/c1-20-10-5-2-4-9(8-10)14-16-15(21-17-14)11-6-3-7-12(18)13(11)19/h2-8,18-19H,1H3. The predicted octanol–water partition coefficient (Wildman–Crippen LogP) is 2.82.